The van der Waals surface area contributed by atoms with Crippen LogP contribution in [0.1, 0.15) is 19.8 Å². The molecule has 3 nitrogen and oxygen atoms in total. The van der Waals surface area contributed by atoms with Crippen molar-refractivity contribution in [3.05, 3.63) is 42.5 Å². The van der Waals surface area contributed by atoms with Crippen molar-refractivity contribution in [1.29, 1.82) is 0 Å². The zero-order chi connectivity index (χ0) is 14.0. The van der Waals surface area contributed by atoms with Gasteiger partial charge in [-0.15, -0.1) is 0 Å². The first kappa shape index (κ1) is 16.3. The molecule has 0 aliphatic heterocycles. The van der Waals surface area contributed by atoms with Gasteiger partial charge in [0.2, 0.25) is 10.0 Å². The Balaban J connectivity index is 2.27. The molecule has 106 valence electrons. The SMILES string of the molecule is CCCCSC/C=C\CNS(=O)(=O)c1ccccc1. The number of nitrogens with one attached hydrogen (secondary N) is 1. The van der Waals surface area contributed by atoms with Gasteiger partial charge in [0.15, 0.2) is 0 Å². The normalized spacial score (nSPS) is 12.1. The third-order valence-corrected chi connectivity index (χ3v) is 4.91. The number of benzene rings is 1. The van der Waals surface area contributed by atoms with E-state index in [9.17, 15) is 8.42 Å². The molecular formula is C14H21NO2S2. The van der Waals surface area contributed by atoms with E-state index in [1.807, 2.05) is 23.9 Å². The number of unbranched alkanes of at least 4 members (excludes halogenated alkanes) is 1. The van der Waals surface area contributed by atoms with E-state index in [2.05, 4.69) is 11.6 Å². The van der Waals surface area contributed by atoms with E-state index in [1.54, 1.807) is 30.3 Å². The van der Waals surface area contributed by atoms with Crippen LogP contribution in [0.4, 0.5) is 0 Å². The molecule has 1 rings (SSSR count). The molecular weight excluding hydrogens is 278 g/mol. The lowest BCUT2D eigenvalue weighted by atomic mass is 10.4. The average molecular weight is 299 g/mol. The lowest BCUT2D eigenvalue weighted by Gasteiger charge is -2.03. The quantitative estimate of drug-likeness (QED) is 0.563. The van der Waals surface area contributed by atoms with E-state index in [0.29, 0.717) is 11.4 Å². The van der Waals surface area contributed by atoms with Crippen LogP contribution in [0.2, 0.25) is 0 Å². The molecule has 0 unspecified atom stereocenters. The van der Waals surface area contributed by atoms with Gasteiger partial charge in [-0.3, -0.25) is 0 Å². The second kappa shape index (κ2) is 9.18. The molecule has 0 bridgehead atoms. The highest BCUT2D eigenvalue weighted by Crippen LogP contribution is 2.07. The first-order valence-electron chi connectivity index (χ1n) is 6.44. The molecule has 1 aromatic carbocycles. The van der Waals surface area contributed by atoms with Crippen LogP contribution < -0.4 is 4.72 Å². The Morgan fingerprint density at radius 1 is 1.21 bits per heavy atom. The van der Waals surface area contributed by atoms with Crippen molar-refractivity contribution < 1.29 is 8.42 Å². The molecule has 0 amide bonds. The highest BCUT2D eigenvalue weighted by Gasteiger charge is 2.10. The van der Waals surface area contributed by atoms with Crippen LogP contribution >= 0.6 is 11.8 Å². The van der Waals surface area contributed by atoms with Crippen LogP contribution in [0.25, 0.3) is 0 Å². The highest BCUT2D eigenvalue weighted by atomic mass is 32.2. The molecule has 19 heavy (non-hydrogen) atoms. The number of sulfonamides is 1. The maximum Gasteiger partial charge on any atom is 0.240 e. The predicted octanol–water partition coefficient (Wildman–Crippen LogP) is 3.05. The molecule has 0 saturated carbocycles. The van der Waals surface area contributed by atoms with Gasteiger partial charge in [0.05, 0.1) is 4.90 Å². The lowest BCUT2D eigenvalue weighted by Crippen LogP contribution is -2.23. The molecule has 0 atom stereocenters. The van der Waals surface area contributed by atoms with Gasteiger partial charge in [-0.1, -0.05) is 43.7 Å². The molecule has 0 aliphatic rings. The Kier molecular flexibility index (Phi) is 7.86. The molecule has 1 aromatic rings. The zero-order valence-electron chi connectivity index (χ0n) is 11.2. The summed E-state index contributed by atoms with van der Waals surface area (Å²) in [6.07, 6.45) is 6.32. The van der Waals surface area contributed by atoms with Crippen molar-refractivity contribution in [3.63, 3.8) is 0 Å². The summed E-state index contributed by atoms with van der Waals surface area (Å²) in [6.45, 7) is 2.51. The fourth-order valence-corrected chi connectivity index (χ4v) is 3.32. The fourth-order valence-electron chi connectivity index (χ4n) is 1.39. The predicted molar refractivity (Wildman–Crippen MR) is 83.0 cm³/mol. The van der Waals surface area contributed by atoms with Gasteiger partial charge in [-0.05, 0) is 24.3 Å². The molecule has 0 fully saturated rings. The van der Waals surface area contributed by atoms with Gasteiger partial charge >= 0.3 is 0 Å². The summed E-state index contributed by atoms with van der Waals surface area (Å²) in [5.74, 6) is 2.10. The summed E-state index contributed by atoms with van der Waals surface area (Å²) in [5.41, 5.74) is 0. The Morgan fingerprint density at radius 2 is 1.95 bits per heavy atom. The van der Waals surface area contributed by atoms with Crippen molar-refractivity contribution in [2.24, 2.45) is 0 Å². The third-order valence-electron chi connectivity index (χ3n) is 2.47. The van der Waals surface area contributed by atoms with Gasteiger partial charge in [-0.25, -0.2) is 13.1 Å². The Hall–Kier alpha value is -0.780. The zero-order valence-corrected chi connectivity index (χ0v) is 12.8. The van der Waals surface area contributed by atoms with Gasteiger partial charge in [0.25, 0.3) is 0 Å². The minimum absolute atomic E-state index is 0.306. The minimum Gasteiger partial charge on any atom is -0.207 e. The summed E-state index contributed by atoms with van der Waals surface area (Å²) in [4.78, 5) is 0.306. The van der Waals surface area contributed by atoms with Crippen molar-refractivity contribution in [1.82, 2.24) is 4.72 Å². The maximum absolute atomic E-state index is 11.9. The maximum atomic E-state index is 11.9. The van der Waals surface area contributed by atoms with Gasteiger partial charge in [0.1, 0.15) is 0 Å². The van der Waals surface area contributed by atoms with E-state index in [1.165, 1.54) is 12.8 Å². The number of hydrogen-bond acceptors (Lipinski definition) is 3. The van der Waals surface area contributed by atoms with Crippen LogP contribution in [-0.4, -0.2) is 26.5 Å². The third kappa shape index (κ3) is 6.80. The smallest absolute Gasteiger partial charge is 0.207 e. The largest absolute Gasteiger partial charge is 0.240 e. The van der Waals surface area contributed by atoms with Crippen molar-refractivity contribution in [2.45, 2.75) is 24.7 Å². The Bertz CT molecular complexity index is 469. The summed E-state index contributed by atoms with van der Waals surface area (Å²) in [5, 5.41) is 0. The summed E-state index contributed by atoms with van der Waals surface area (Å²) >= 11 is 1.87. The lowest BCUT2D eigenvalue weighted by molar-refractivity contribution is 0.585. The van der Waals surface area contributed by atoms with Crippen LogP contribution in [0.15, 0.2) is 47.4 Å². The molecule has 0 aliphatic carbocycles. The van der Waals surface area contributed by atoms with E-state index in [0.717, 1.165) is 11.5 Å². The Labute approximate surface area is 120 Å². The number of hydrogen-bond donors (Lipinski definition) is 1. The molecule has 0 aromatic heterocycles. The van der Waals surface area contributed by atoms with Crippen LogP contribution in [0.3, 0.4) is 0 Å². The molecule has 0 radical (unpaired) electrons. The molecule has 5 heteroatoms. The van der Waals surface area contributed by atoms with E-state index < -0.39 is 10.0 Å². The first-order valence-corrected chi connectivity index (χ1v) is 9.08. The summed E-state index contributed by atoms with van der Waals surface area (Å²) in [7, 11) is -3.37. The van der Waals surface area contributed by atoms with Crippen LogP contribution in [0, 0.1) is 0 Å². The van der Waals surface area contributed by atoms with E-state index >= 15 is 0 Å². The Morgan fingerprint density at radius 3 is 2.63 bits per heavy atom. The first-order chi connectivity index (χ1) is 9.17. The molecule has 0 heterocycles. The standard InChI is InChI=1S/C14H21NO2S2/c1-2-3-12-18-13-8-7-11-15-19(16,17)14-9-5-4-6-10-14/h4-10,15H,2-3,11-13H2,1H3/b8-7-. The number of thioether (sulfide) groups is 1. The molecule has 0 saturated heterocycles. The second-order valence-corrected chi connectivity index (χ2v) is 6.98. The van der Waals surface area contributed by atoms with E-state index in [4.69, 9.17) is 0 Å². The average Bonchev–Trinajstić information content (AvgIpc) is 2.43. The second-order valence-electron chi connectivity index (χ2n) is 4.06. The van der Waals surface area contributed by atoms with Crippen LogP contribution in [-0.2, 0) is 10.0 Å². The van der Waals surface area contributed by atoms with E-state index in [-0.39, 0.29) is 0 Å². The van der Waals surface area contributed by atoms with Gasteiger partial charge in [-0.2, -0.15) is 11.8 Å². The number of rotatable bonds is 9. The van der Waals surface area contributed by atoms with Gasteiger partial charge in [0, 0.05) is 12.3 Å². The van der Waals surface area contributed by atoms with Crippen molar-refractivity contribution in [2.75, 3.05) is 18.1 Å². The van der Waals surface area contributed by atoms with Gasteiger partial charge < -0.3 is 0 Å². The summed E-state index contributed by atoms with van der Waals surface area (Å²) in [6, 6.07) is 8.41. The fraction of sp³-hybridized carbons (Fsp3) is 0.429. The van der Waals surface area contributed by atoms with Crippen LogP contribution in [0.5, 0.6) is 0 Å². The molecule has 0 spiro atoms. The highest BCUT2D eigenvalue weighted by molar-refractivity contribution is 7.99. The molecule has 1 N–H and O–H groups in total. The monoisotopic (exact) mass is 299 g/mol. The minimum atomic E-state index is -3.37. The van der Waals surface area contributed by atoms with Crippen molar-refractivity contribution >= 4 is 21.8 Å². The van der Waals surface area contributed by atoms with Crippen molar-refractivity contribution in [3.8, 4) is 0 Å². The topological polar surface area (TPSA) is 46.2 Å². The summed E-state index contributed by atoms with van der Waals surface area (Å²) < 4.78 is 26.3.